The highest BCUT2D eigenvalue weighted by molar-refractivity contribution is 9.10. The number of hydrogen-bond acceptors (Lipinski definition) is 3. The van der Waals surface area contributed by atoms with Gasteiger partial charge in [-0.1, -0.05) is 6.92 Å². The van der Waals surface area contributed by atoms with Crippen molar-refractivity contribution in [1.82, 2.24) is 9.78 Å². The van der Waals surface area contributed by atoms with Crippen LogP contribution in [0.5, 0.6) is 0 Å². The van der Waals surface area contributed by atoms with Gasteiger partial charge in [0.25, 0.3) is 0 Å². The minimum atomic E-state index is -0.762. The topological polar surface area (TPSA) is 81.1 Å². The lowest BCUT2D eigenvalue weighted by Gasteiger charge is -2.13. The molecule has 19 heavy (non-hydrogen) atoms. The zero-order chi connectivity index (χ0) is 14.4. The number of carbonyl (C=O) groups is 1. The number of aryl methyl sites for hydroxylation is 2. The molecule has 1 unspecified atom stereocenters. The number of aromatic nitrogens is 2. The SMILES string of the molecule is CCc1nn(CC)c(CC(CCCN)C(=O)O)c1Br. The van der Waals surface area contributed by atoms with Crippen LogP contribution in [0.15, 0.2) is 4.47 Å². The molecule has 0 aliphatic rings. The standard InChI is InChI=1S/C13H22BrN3O2/c1-3-10-12(14)11(17(4-2)16-10)8-9(13(18)19)6-5-7-15/h9H,3-8,15H2,1-2H3,(H,18,19). The number of nitrogens with two attached hydrogens (primary N) is 1. The Bertz CT molecular complexity index is 432. The van der Waals surface area contributed by atoms with E-state index in [-0.39, 0.29) is 0 Å². The minimum Gasteiger partial charge on any atom is -0.481 e. The number of hydrogen-bond donors (Lipinski definition) is 2. The molecule has 1 aromatic rings. The van der Waals surface area contributed by atoms with Gasteiger partial charge < -0.3 is 10.8 Å². The van der Waals surface area contributed by atoms with Crippen molar-refractivity contribution in [3.05, 3.63) is 15.9 Å². The van der Waals surface area contributed by atoms with Gasteiger partial charge in [-0.2, -0.15) is 5.10 Å². The molecule has 0 spiro atoms. The van der Waals surface area contributed by atoms with E-state index in [0.29, 0.717) is 19.4 Å². The average Bonchev–Trinajstić information content (AvgIpc) is 2.70. The second-order valence-corrected chi connectivity index (χ2v) is 5.34. The largest absolute Gasteiger partial charge is 0.481 e. The van der Waals surface area contributed by atoms with Gasteiger partial charge in [-0.15, -0.1) is 0 Å². The molecule has 1 heterocycles. The van der Waals surface area contributed by atoms with Crippen molar-refractivity contribution >= 4 is 21.9 Å². The Morgan fingerprint density at radius 2 is 2.21 bits per heavy atom. The van der Waals surface area contributed by atoms with Crippen molar-refractivity contribution in [2.75, 3.05) is 6.54 Å². The molecule has 0 saturated carbocycles. The predicted octanol–water partition coefficient (Wildman–Crippen LogP) is 2.21. The highest BCUT2D eigenvalue weighted by Crippen LogP contribution is 2.26. The smallest absolute Gasteiger partial charge is 0.306 e. The summed E-state index contributed by atoms with van der Waals surface area (Å²) in [5.74, 6) is -1.16. The molecule has 5 nitrogen and oxygen atoms in total. The number of carboxylic acids is 1. The molecule has 0 radical (unpaired) electrons. The third-order valence-corrected chi connectivity index (χ3v) is 4.16. The van der Waals surface area contributed by atoms with Gasteiger partial charge in [0, 0.05) is 13.0 Å². The molecule has 0 bridgehead atoms. The summed E-state index contributed by atoms with van der Waals surface area (Å²) < 4.78 is 2.84. The van der Waals surface area contributed by atoms with Crippen LogP contribution in [0.2, 0.25) is 0 Å². The van der Waals surface area contributed by atoms with Crippen molar-refractivity contribution in [2.45, 2.75) is 46.1 Å². The van der Waals surface area contributed by atoms with Crippen LogP contribution in [0.4, 0.5) is 0 Å². The van der Waals surface area contributed by atoms with Crippen molar-refractivity contribution in [1.29, 1.82) is 0 Å². The van der Waals surface area contributed by atoms with Gasteiger partial charge in [-0.25, -0.2) is 0 Å². The maximum atomic E-state index is 11.3. The lowest BCUT2D eigenvalue weighted by Crippen LogP contribution is -2.20. The number of halogens is 1. The van der Waals surface area contributed by atoms with Gasteiger partial charge in [0.15, 0.2) is 0 Å². The highest BCUT2D eigenvalue weighted by Gasteiger charge is 2.22. The van der Waals surface area contributed by atoms with Crippen LogP contribution in [0.1, 0.15) is 38.1 Å². The summed E-state index contributed by atoms with van der Waals surface area (Å²) in [5, 5.41) is 13.8. The van der Waals surface area contributed by atoms with E-state index in [0.717, 1.165) is 35.2 Å². The fraction of sp³-hybridized carbons (Fsp3) is 0.692. The van der Waals surface area contributed by atoms with E-state index in [2.05, 4.69) is 21.0 Å². The fourth-order valence-electron chi connectivity index (χ4n) is 2.12. The summed E-state index contributed by atoms with van der Waals surface area (Å²) in [5.41, 5.74) is 7.42. The predicted molar refractivity (Wildman–Crippen MR) is 78.1 cm³/mol. The molecule has 6 heteroatoms. The number of aliphatic carboxylic acids is 1. The Balaban J connectivity index is 2.94. The summed E-state index contributed by atoms with van der Waals surface area (Å²) >= 11 is 3.55. The molecule has 0 fully saturated rings. The Morgan fingerprint density at radius 1 is 1.53 bits per heavy atom. The van der Waals surface area contributed by atoms with Crippen LogP contribution in [0.25, 0.3) is 0 Å². The van der Waals surface area contributed by atoms with Gasteiger partial charge in [-0.3, -0.25) is 9.48 Å². The molecule has 0 aromatic carbocycles. The molecule has 1 aromatic heterocycles. The molecular formula is C13H22BrN3O2. The fourth-order valence-corrected chi connectivity index (χ4v) is 2.85. The van der Waals surface area contributed by atoms with Crippen LogP contribution in [0, 0.1) is 5.92 Å². The Labute approximate surface area is 122 Å². The summed E-state index contributed by atoms with van der Waals surface area (Å²) in [7, 11) is 0. The Morgan fingerprint density at radius 3 is 2.68 bits per heavy atom. The average molecular weight is 332 g/mol. The van der Waals surface area contributed by atoms with Gasteiger partial charge in [0.05, 0.1) is 21.8 Å². The third kappa shape index (κ3) is 4.04. The third-order valence-electron chi connectivity index (χ3n) is 3.24. The number of rotatable bonds is 8. The molecule has 0 aliphatic heterocycles. The second-order valence-electron chi connectivity index (χ2n) is 4.55. The molecule has 1 rings (SSSR count). The van der Waals surface area contributed by atoms with Crippen molar-refractivity contribution in [3.63, 3.8) is 0 Å². The second kappa shape index (κ2) is 7.65. The van der Waals surface area contributed by atoms with Crippen LogP contribution in [0.3, 0.4) is 0 Å². The van der Waals surface area contributed by atoms with E-state index in [1.165, 1.54) is 0 Å². The van der Waals surface area contributed by atoms with Gasteiger partial charge in [0.2, 0.25) is 0 Å². The maximum Gasteiger partial charge on any atom is 0.306 e. The van der Waals surface area contributed by atoms with E-state index >= 15 is 0 Å². The van der Waals surface area contributed by atoms with Crippen molar-refractivity contribution < 1.29 is 9.90 Å². The quantitative estimate of drug-likeness (QED) is 0.765. The molecule has 0 aliphatic carbocycles. The Hall–Kier alpha value is -0.880. The molecule has 3 N–H and O–H groups in total. The first-order valence-electron chi connectivity index (χ1n) is 6.71. The molecular weight excluding hydrogens is 310 g/mol. The first-order valence-corrected chi connectivity index (χ1v) is 7.51. The first kappa shape index (κ1) is 16.2. The van der Waals surface area contributed by atoms with E-state index in [1.807, 2.05) is 18.5 Å². The van der Waals surface area contributed by atoms with Crippen molar-refractivity contribution in [3.8, 4) is 0 Å². The van der Waals surface area contributed by atoms with E-state index in [4.69, 9.17) is 5.73 Å². The zero-order valence-electron chi connectivity index (χ0n) is 11.5. The Kier molecular flexibility index (Phi) is 6.51. The molecule has 108 valence electrons. The molecule has 0 amide bonds. The highest BCUT2D eigenvalue weighted by atomic mass is 79.9. The number of carboxylic acid groups (broad SMARTS) is 1. The lowest BCUT2D eigenvalue weighted by atomic mass is 9.97. The van der Waals surface area contributed by atoms with Crippen LogP contribution in [-0.2, 0) is 24.2 Å². The van der Waals surface area contributed by atoms with Crippen LogP contribution >= 0.6 is 15.9 Å². The summed E-state index contributed by atoms with van der Waals surface area (Å²) in [6.45, 7) is 5.33. The minimum absolute atomic E-state index is 0.397. The van der Waals surface area contributed by atoms with E-state index in [1.54, 1.807) is 0 Å². The van der Waals surface area contributed by atoms with E-state index < -0.39 is 11.9 Å². The summed E-state index contributed by atoms with van der Waals surface area (Å²) in [6.07, 6.45) is 2.67. The molecule has 0 saturated heterocycles. The number of nitrogens with zero attached hydrogens (tertiary/aromatic N) is 2. The first-order chi connectivity index (χ1) is 9.04. The monoisotopic (exact) mass is 331 g/mol. The van der Waals surface area contributed by atoms with Crippen LogP contribution < -0.4 is 5.73 Å². The zero-order valence-corrected chi connectivity index (χ0v) is 13.1. The van der Waals surface area contributed by atoms with Crippen LogP contribution in [-0.4, -0.2) is 27.4 Å². The summed E-state index contributed by atoms with van der Waals surface area (Å²) in [6, 6.07) is 0. The van der Waals surface area contributed by atoms with Gasteiger partial charge in [0.1, 0.15) is 0 Å². The van der Waals surface area contributed by atoms with E-state index in [9.17, 15) is 9.90 Å². The van der Waals surface area contributed by atoms with Gasteiger partial charge in [-0.05, 0) is 48.7 Å². The maximum absolute atomic E-state index is 11.3. The normalized spacial score (nSPS) is 12.6. The van der Waals surface area contributed by atoms with Crippen molar-refractivity contribution in [2.24, 2.45) is 11.7 Å². The lowest BCUT2D eigenvalue weighted by molar-refractivity contribution is -0.142. The summed E-state index contributed by atoms with van der Waals surface area (Å²) in [4.78, 5) is 11.3. The van der Waals surface area contributed by atoms with Gasteiger partial charge >= 0.3 is 5.97 Å². The molecule has 1 atom stereocenters.